The molecule has 64 valence electrons. The Labute approximate surface area is 73.0 Å². The quantitative estimate of drug-likeness (QED) is 0.688. The second-order valence-corrected chi connectivity index (χ2v) is 3.20. The maximum atomic E-state index is 3.48. The summed E-state index contributed by atoms with van der Waals surface area (Å²) in [6, 6.07) is 11.0. The van der Waals surface area contributed by atoms with Gasteiger partial charge in [-0.2, -0.15) is 0 Å². The van der Waals surface area contributed by atoms with Crippen molar-refractivity contribution in [2.24, 2.45) is 0 Å². The minimum Gasteiger partial charge on any atom is -0.381 e. The Morgan fingerprint density at radius 2 is 2.08 bits per heavy atom. The number of nitrogens with one attached hydrogen (secondary N) is 2. The second kappa shape index (κ2) is 3.59. The van der Waals surface area contributed by atoms with Crippen LogP contribution in [0.15, 0.2) is 30.3 Å². The molecule has 1 aromatic carbocycles. The van der Waals surface area contributed by atoms with Crippen LogP contribution in [0.25, 0.3) is 0 Å². The lowest BCUT2D eigenvalue weighted by Crippen LogP contribution is -2.21. The van der Waals surface area contributed by atoms with Gasteiger partial charge in [0.05, 0.1) is 0 Å². The number of hydrogen-bond acceptors (Lipinski definition) is 2. The smallest absolute Gasteiger partial charge is 0.0398 e. The number of benzene rings is 1. The zero-order valence-corrected chi connectivity index (χ0v) is 7.09. The van der Waals surface area contributed by atoms with E-state index >= 15 is 0 Å². The van der Waals surface area contributed by atoms with Crippen LogP contribution in [0.1, 0.15) is 6.42 Å². The molecule has 2 heteroatoms. The van der Waals surface area contributed by atoms with Gasteiger partial charge in [0, 0.05) is 18.3 Å². The monoisotopic (exact) mass is 162 g/mol. The summed E-state index contributed by atoms with van der Waals surface area (Å²) in [4.78, 5) is 0. The van der Waals surface area contributed by atoms with E-state index in [0.29, 0.717) is 6.04 Å². The van der Waals surface area contributed by atoms with Crippen LogP contribution in [0, 0.1) is 0 Å². The van der Waals surface area contributed by atoms with Crippen molar-refractivity contribution in [3.8, 4) is 0 Å². The van der Waals surface area contributed by atoms with Crippen molar-refractivity contribution >= 4 is 5.69 Å². The molecule has 1 fully saturated rings. The fourth-order valence-corrected chi connectivity index (χ4v) is 1.55. The van der Waals surface area contributed by atoms with E-state index in [1.807, 2.05) is 6.07 Å². The normalized spacial score (nSPS) is 22.5. The highest BCUT2D eigenvalue weighted by atomic mass is 15.0. The Morgan fingerprint density at radius 1 is 1.25 bits per heavy atom. The molecule has 0 radical (unpaired) electrons. The highest BCUT2D eigenvalue weighted by Gasteiger charge is 2.12. The van der Waals surface area contributed by atoms with E-state index in [0.717, 1.165) is 13.1 Å². The fourth-order valence-electron chi connectivity index (χ4n) is 1.55. The molecule has 1 aliphatic heterocycles. The van der Waals surface area contributed by atoms with E-state index in [4.69, 9.17) is 0 Å². The Bertz CT molecular complexity index is 227. The Morgan fingerprint density at radius 3 is 2.75 bits per heavy atom. The highest BCUT2D eigenvalue weighted by molar-refractivity contribution is 5.43. The molecule has 0 aliphatic carbocycles. The van der Waals surface area contributed by atoms with Crippen molar-refractivity contribution < 1.29 is 0 Å². The first-order valence-corrected chi connectivity index (χ1v) is 4.47. The van der Waals surface area contributed by atoms with Crippen LogP contribution in [-0.2, 0) is 0 Å². The average Bonchev–Trinajstić information content (AvgIpc) is 2.59. The van der Waals surface area contributed by atoms with Gasteiger partial charge in [-0.3, -0.25) is 0 Å². The summed E-state index contributed by atoms with van der Waals surface area (Å²) in [5.74, 6) is 0. The van der Waals surface area contributed by atoms with E-state index in [1.165, 1.54) is 12.1 Å². The first-order chi connectivity index (χ1) is 5.95. The molecule has 1 saturated heterocycles. The molecule has 1 aliphatic rings. The predicted molar refractivity (Wildman–Crippen MR) is 51.3 cm³/mol. The summed E-state index contributed by atoms with van der Waals surface area (Å²) in [7, 11) is 0. The third kappa shape index (κ3) is 1.77. The standard InChI is InChI=1S/C10H14N2/c1-2-4-9(5-3-1)12-10-6-7-11-8-10/h1-5,10-12H,6-8H2. The molecule has 0 spiro atoms. The lowest BCUT2D eigenvalue weighted by molar-refractivity contribution is 0.793. The van der Waals surface area contributed by atoms with E-state index in [1.54, 1.807) is 0 Å². The van der Waals surface area contributed by atoms with Crippen LogP contribution in [0.2, 0.25) is 0 Å². The van der Waals surface area contributed by atoms with Crippen LogP contribution in [0.4, 0.5) is 5.69 Å². The molecule has 2 nitrogen and oxygen atoms in total. The third-order valence-electron chi connectivity index (χ3n) is 2.20. The number of hydrogen-bond donors (Lipinski definition) is 2. The summed E-state index contributed by atoms with van der Waals surface area (Å²) in [5.41, 5.74) is 1.23. The van der Waals surface area contributed by atoms with Gasteiger partial charge in [-0.25, -0.2) is 0 Å². The van der Waals surface area contributed by atoms with Crippen molar-refractivity contribution in [1.82, 2.24) is 5.32 Å². The Hall–Kier alpha value is -1.02. The maximum absolute atomic E-state index is 3.48. The zero-order chi connectivity index (χ0) is 8.23. The highest BCUT2D eigenvalue weighted by Crippen LogP contribution is 2.10. The molecular formula is C10H14N2. The summed E-state index contributed by atoms with van der Waals surface area (Å²) in [6.07, 6.45) is 1.23. The maximum Gasteiger partial charge on any atom is 0.0398 e. The van der Waals surface area contributed by atoms with Gasteiger partial charge in [0.2, 0.25) is 0 Å². The summed E-state index contributed by atoms with van der Waals surface area (Å²) in [6.45, 7) is 2.24. The van der Waals surface area contributed by atoms with Gasteiger partial charge in [-0.1, -0.05) is 18.2 Å². The molecule has 2 N–H and O–H groups in total. The van der Waals surface area contributed by atoms with Crippen LogP contribution in [-0.4, -0.2) is 19.1 Å². The molecule has 2 rings (SSSR count). The lowest BCUT2D eigenvalue weighted by Gasteiger charge is -2.11. The van der Waals surface area contributed by atoms with Crippen LogP contribution in [0.3, 0.4) is 0 Å². The van der Waals surface area contributed by atoms with Crippen molar-refractivity contribution in [3.63, 3.8) is 0 Å². The Kier molecular flexibility index (Phi) is 2.28. The minimum atomic E-state index is 0.618. The van der Waals surface area contributed by atoms with Gasteiger partial charge in [0.1, 0.15) is 0 Å². The van der Waals surface area contributed by atoms with Crippen LogP contribution >= 0.6 is 0 Å². The van der Waals surface area contributed by atoms with Crippen molar-refractivity contribution in [1.29, 1.82) is 0 Å². The average molecular weight is 162 g/mol. The van der Waals surface area contributed by atoms with Crippen molar-refractivity contribution in [2.45, 2.75) is 12.5 Å². The second-order valence-electron chi connectivity index (χ2n) is 3.20. The molecule has 1 heterocycles. The fraction of sp³-hybridized carbons (Fsp3) is 0.400. The van der Waals surface area contributed by atoms with Gasteiger partial charge in [0.15, 0.2) is 0 Å². The number of anilines is 1. The first kappa shape index (κ1) is 7.62. The van der Waals surface area contributed by atoms with E-state index in [-0.39, 0.29) is 0 Å². The van der Waals surface area contributed by atoms with Gasteiger partial charge in [0.25, 0.3) is 0 Å². The number of rotatable bonds is 2. The zero-order valence-electron chi connectivity index (χ0n) is 7.09. The molecule has 1 unspecified atom stereocenters. The third-order valence-corrected chi connectivity index (χ3v) is 2.20. The number of para-hydroxylation sites is 1. The molecule has 1 atom stereocenters. The summed E-state index contributed by atoms with van der Waals surface area (Å²) < 4.78 is 0. The largest absolute Gasteiger partial charge is 0.381 e. The predicted octanol–water partition coefficient (Wildman–Crippen LogP) is 1.46. The molecule has 1 aromatic rings. The van der Waals surface area contributed by atoms with E-state index in [9.17, 15) is 0 Å². The summed E-state index contributed by atoms with van der Waals surface area (Å²) in [5, 5.41) is 6.81. The topological polar surface area (TPSA) is 24.1 Å². The van der Waals surface area contributed by atoms with E-state index < -0.39 is 0 Å². The Balaban J connectivity index is 1.94. The summed E-state index contributed by atoms with van der Waals surface area (Å²) >= 11 is 0. The van der Waals surface area contributed by atoms with Gasteiger partial charge in [-0.15, -0.1) is 0 Å². The molecule has 0 aromatic heterocycles. The van der Waals surface area contributed by atoms with Crippen LogP contribution < -0.4 is 10.6 Å². The molecule has 0 bridgehead atoms. The van der Waals surface area contributed by atoms with Crippen molar-refractivity contribution in [3.05, 3.63) is 30.3 Å². The lowest BCUT2D eigenvalue weighted by atomic mass is 10.2. The van der Waals surface area contributed by atoms with Crippen molar-refractivity contribution in [2.75, 3.05) is 18.4 Å². The SMILES string of the molecule is c1ccc(NC2CCNC2)cc1. The first-order valence-electron chi connectivity index (χ1n) is 4.47. The van der Waals surface area contributed by atoms with E-state index in [2.05, 4.69) is 34.9 Å². The molecule has 12 heavy (non-hydrogen) atoms. The molecule has 0 amide bonds. The van der Waals surface area contributed by atoms with Gasteiger partial charge in [-0.05, 0) is 25.1 Å². The minimum absolute atomic E-state index is 0.618. The molecule has 0 saturated carbocycles. The van der Waals surface area contributed by atoms with Crippen LogP contribution in [0.5, 0.6) is 0 Å². The molecular weight excluding hydrogens is 148 g/mol. The van der Waals surface area contributed by atoms with Gasteiger partial charge >= 0.3 is 0 Å². The van der Waals surface area contributed by atoms with Gasteiger partial charge < -0.3 is 10.6 Å².